The Morgan fingerprint density at radius 2 is 2.19 bits per heavy atom. The maximum absolute atomic E-state index is 13.0. The topological polar surface area (TPSA) is 72.4 Å². The predicted octanol–water partition coefficient (Wildman–Crippen LogP) is 0.336. The highest BCUT2D eigenvalue weighted by atomic mass is 19.1. The molecular weight excluding hydrogens is 209 g/mol. The van der Waals surface area contributed by atoms with Gasteiger partial charge in [-0.15, -0.1) is 0 Å². The number of halogens is 1. The third-order valence-electron chi connectivity index (χ3n) is 2.34. The molecule has 1 aromatic carbocycles. The van der Waals surface area contributed by atoms with Crippen molar-refractivity contribution in [2.75, 3.05) is 7.05 Å². The fraction of sp³-hybridized carbons (Fsp3) is 0.364. The SMILES string of the molecule is Cc1cc(CC(N)C(=O)N(C)N)ccc1F. The lowest BCUT2D eigenvalue weighted by Gasteiger charge is -2.16. The van der Waals surface area contributed by atoms with Crippen molar-refractivity contribution in [2.45, 2.75) is 19.4 Å². The van der Waals surface area contributed by atoms with E-state index in [9.17, 15) is 9.18 Å². The first-order chi connectivity index (χ1) is 7.41. The Kier molecular flexibility index (Phi) is 3.98. The Labute approximate surface area is 94.0 Å². The number of hydrogen-bond donors (Lipinski definition) is 2. The number of hydrogen-bond acceptors (Lipinski definition) is 3. The average molecular weight is 225 g/mol. The summed E-state index contributed by atoms with van der Waals surface area (Å²) in [6.45, 7) is 1.67. The zero-order chi connectivity index (χ0) is 12.3. The number of benzene rings is 1. The fourth-order valence-electron chi connectivity index (χ4n) is 1.44. The van der Waals surface area contributed by atoms with Crippen LogP contribution in [0.4, 0.5) is 4.39 Å². The number of aryl methyl sites for hydroxylation is 1. The maximum atomic E-state index is 13.0. The summed E-state index contributed by atoms with van der Waals surface area (Å²) in [4.78, 5) is 11.4. The first kappa shape index (κ1) is 12.6. The summed E-state index contributed by atoms with van der Waals surface area (Å²) in [6.07, 6.45) is 0.349. The van der Waals surface area contributed by atoms with Crippen LogP contribution < -0.4 is 11.6 Å². The summed E-state index contributed by atoms with van der Waals surface area (Å²) >= 11 is 0. The largest absolute Gasteiger partial charge is 0.320 e. The van der Waals surface area contributed by atoms with Crippen LogP contribution in [-0.2, 0) is 11.2 Å². The van der Waals surface area contributed by atoms with E-state index in [4.69, 9.17) is 11.6 Å². The van der Waals surface area contributed by atoms with Gasteiger partial charge in [-0.3, -0.25) is 9.80 Å². The van der Waals surface area contributed by atoms with Gasteiger partial charge in [0.25, 0.3) is 5.91 Å². The highest BCUT2D eigenvalue weighted by Gasteiger charge is 2.16. The van der Waals surface area contributed by atoms with Gasteiger partial charge < -0.3 is 5.73 Å². The van der Waals surface area contributed by atoms with Crippen molar-refractivity contribution in [3.8, 4) is 0 Å². The zero-order valence-electron chi connectivity index (χ0n) is 9.40. The Balaban J connectivity index is 2.73. The van der Waals surface area contributed by atoms with Crippen molar-refractivity contribution in [1.29, 1.82) is 0 Å². The minimum Gasteiger partial charge on any atom is -0.320 e. The summed E-state index contributed by atoms with van der Waals surface area (Å²) in [5.41, 5.74) is 7.03. The number of likely N-dealkylation sites (N-methyl/N-ethyl adjacent to an activating group) is 1. The summed E-state index contributed by atoms with van der Waals surface area (Å²) in [7, 11) is 1.44. The standard InChI is InChI=1S/C11H16FN3O/c1-7-5-8(3-4-9(7)12)6-10(13)11(16)15(2)14/h3-5,10H,6,13-14H2,1-2H3. The van der Waals surface area contributed by atoms with Gasteiger partial charge in [0.2, 0.25) is 0 Å². The lowest BCUT2D eigenvalue weighted by molar-refractivity contribution is -0.131. The number of hydrazine groups is 1. The molecule has 0 spiro atoms. The lowest BCUT2D eigenvalue weighted by Crippen LogP contribution is -2.46. The summed E-state index contributed by atoms with van der Waals surface area (Å²) in [5.74, 6) is 4.68. The molecule has 1 rings (SSSR count). The van der Waals surface area contributed by atoms with Crippen LogP contribution in [0.15, 0.2) is 18.2 Å². The number of amides is 1. The second-order valence-electron chi connectivity index (χ2n) is 3.84. The Hall–Kier alpha value is -1.46. The highest BCUT2D eigenvalue weighted by molar-refractivity contribution is 5.81. The molecular formula is C11H16FN3O. The smallest absolute Gasteiger partial charge is 0.253 e. The minimum atomic E-state index is -0.695. The Morgan fingerprint density at radius 3 is 2.69 bits per heavy atom. The van der Waals surface area contributed by atoms with E-state index in [1.165, 1.54) is 13.1 Å². The molecule has 0 aliphatic carbocycles. The van der Waals surface area contributed by atoms with E-state index in [0.29, 0.717) is 12.0 Å². The van der Waals surface area contributed by atoms with Gasteiger partial charge in [-0.25, -0.2) is 10.2 Å². The molecule has 4 N–H and O–H groups in total. The van der Waals surface area contributed by atoms with Gasteiger partial charge in [-0.1, -0.05) is 12.1 Å². The second-order valence-corrected chi connectivity index (χ2v) is 3.84. The van der Waals surface area contributed by atoms with E-state index in [0.717, 1.165) is 10.6 Å². The highest BCUT2D eigenvalue weighted by Crippen LogP contribution is 2.10. The van der Waals surface area contributed by atoms with Crippen LogP contribution in [0.5, 0.6) is 0 Å². The quantitative estimate of drug-likeness (QED) is 0.442. The number of carbonyl (C=O) groups is 1. The molecule has 1 amide bonds. The van der Waals surface area contributed by atoms with Crippen LogP contribution in [0.3, 0.4) is 0 Å². The number of nitrogens with two attached hydrogens (primary N) is 2. The molecule has 0 aliphatic rings. The Morgan fingerprint density at radius 1 is 1.56 bits per heavy atom. The molecule has 0 radical (unpaired) electrons. The van der Waals surface area contributed by atoms with Gasteiger partial charge in [0, 0.05) is 7.05 Å². The number of carbonyl (C=O) groups excluding carboxylic acids is 1. The molecule has 0 fully saturated rings. The fourth-order valence-corrected chi connectivity index (χ4v) is 1.44. The molecule has 5 heteroatoms. The molecule has 4 nitrogen and oxygen atoms in total. The second kappa shape index (κ2) is 5.05. The van der Waals surface area contributed by atoms with Crippen LogP contribution in [0, 0.1) is 12.7 Å². The summed E-state index contributed by atoms with van der Waals surface area (Å²) in [5, 5.41) is 0.959. The van der Waals surface area contributed by atoms with E-state index in [1.54, 1.807) is 19.1 Å². The van der Waals surface area contributed by atoms with Crippen LogP contribution in [0.2, 0.25) is 0 Å². The lowest BCUT2D eigenvalue weighted by atomic mass is 10.0. The van der Waals surface area contributed by atoms with Crippen LogP contribution >= 0.6 is 0 Å². The van der Waals surface area contributed by atoms with Crippen molar-refractivity contribution in [2.24, 2.45) is 11.6 Å². The molecule has 0 aliphatic heterocycles. The summed E-state index contributed by atoms with van der Waals surface area (Å²) < 4.78 is 13.0. The molecule has 0 heterocycles. The monoisotopic (exact) mass is 225 g/mol. The van der Waals surface area contributed by atoms with Crippen molar-refractivity contribution < 1.29 is 9.18 Å². The molecule has 0 saturated carbocycles. The van der Waals surface area contributed by atoms with E-state index in [-0.39, 0.29) is 11.7 Å². The zero-order valence-corrected chi connectivity index (χ0v) is 9.40. The van der Waals surface area contributed by atoms with Crippen LogP contribution in [-0.4, -0.2) is 24.0 Å². The van der Waals surface area contributed by atoms with Crippen molar-refractivity contribution in [3.63, 3.8) is 0 Å². The van der Waals surface area contributed by atoms with Gasteiger partial charge in [-0.05, 0) is 30.5 Å². The van der Waals surface area contributed by atoms with E-state index < -0.39 is 6.04 Å². The van der Waals surface area contributed by atoms with Crippen molar-refractivity contribution in [1.82, 2.24) is 5.01 Å². The third-order valence-corrected chi connectivity index (χ3v) is 2.34. The van der Waals surface area contributed by atoms with Gasteiger partial charge in [0.1, 0.15) is 5.82 Å². The van der Waals surface area contributed by atoms with Crippen LogP contribution in [0.25, 0.3) is 0 Å². The molecule has 1 atom stereocenters. The molecule has 1 aromatic rings. The molecule has 16 heavy (non-hydrogen) atoms. The van der Waals surface area contributed by atoms with Gasteiger partial charge in [0.05, 0.1) is 6.04 Å². The molecule has 1 unspecified atom stereocenters. The molecule has 0 saturated heterocycles. The molecule has 0 aromatic heterocycles. The van der Waals surface area contributed by atoms with Gasteiger partial charge in [-0.2, -0.15) is 0 Å². The third kappa shape index (κ3) is 3.01. The Bertz CT molecular complexity index is 393. The minimum absolute atomic E-state index is 0.264. The predicted molar refractivity (Wildman–Crippen MR) is 59.8 cm³/mol. The average Bonchev–Trinajstić information content (AvgIpc) is 2.22. The van der Waals surface area contributed by atoms with Crippen molar-refractivity contribution >= 4 is 5.91 Å². The molecule has 0 bridgehead atoms. The summed E-state index contributed by atoms with van der Waals surface area (Å²) in [6, 6.07) is 3.97. The van der Waals surface area contributed by atoms with Crippen molar-refractivity contribution in [3.05, 3.63) is 35.1 Å². The first-order valence-corrected chi connectivity index (χ1v) is 4.94. The van der Waals surface area contributed by atoms with E-state index in [2.05, 4.69) is 0 Å². The van der Waals surface area contributed by atoms with Gasteiger partial charge >= 0.3 is 0 Å². The number of nitrogens with zero attached hydrogens (tertiary/aromatic N) is 1. The molecule has 88 valence electrons. The number of rotatable bonds is 3. The maximum Gasteiger partial charge on any atom is 0.253 e. The van der Waals surface area contributed by atoms with Gasteiger partial charge in [0.15, 0.2) is 0 Å². The van der Waals surface area contributed by atoms with E-state index >= 15 is 0 Å². The normalized spacial score (nSPS) is 12.3. The van der Waals surface area contributed by atoms with Crippen LogP contribution in [0.1, 0.15) is 11.1 Å². The first-order valence-electron chi connectivity index (χ1n) is 4.94. The van der Waals surface area contributed by atoms with E-state index in [1.807, 2.05) is 0 Å².